The monoisotopic (exact) mass is 626 g/mol. The molecule has 2 saturated heterocycles. The van der Waals surface area contributed by atoms with Crippen LogP contribution in [-0.4, -0.2) is 48.9 Å². The zero-order chi connectivity index (χ0) is 33.1. The molecule has 2 aliphatic heterocycles. The molecule has 3 aliphatic carbocycles. The number of allylic oxidation sites excluding steroid dienone is 2. The number of carbonyl (C=O) groups is 4. The molecule has 8 nitrogen and oxygen atoms in total. The molecule has 0 radical (unpaired) electrons. The molecule has 46 heavy (non-hydrogen) atoms. The molecule has 5 aliphatic rings. The number of esters is 2. The van der Waals surface area contributed by atoms with E-state index in [9.17, 15) is 19.2 Å². The number of ether oxygens (including phenoxy) is 3. The number of Topliss-reactive ketones (excluding diaryl/α,β-unsaturated/α-hetero) is 1. The van der Waals surface area contributed by atoms with Gasteiger partial charge in [-0.05, 0) is 43.9 Å². The van der Waals surface area contributed by atoms with Crippen LogP contribution in [0.5, 0.6) is 0 Å². The lowest BCUT2D eigenvalue weighted by Crippen LogP contribution is -2.66. The van der Waals surface area contributed by atoms with Crippen molar-refractivity contribution < 1.29 is 37.8 Å². The van der Waals surface area contributed by atoms with Gasteiger partial charge in [0.05, 0.1) is 31.3 Å². The summed E-state index contributed by atoms with van der Waals surface area (Å²) in [5, 5.41) is 0. The first-order valence-corrected chi connectivity index (χ1v) is 16.2. The van der Waals surface area contributed by atoms with Crippen LogP contribution in [0.4, 0.5) is 0 Å². The average Bonchev–Trinajstić information content (AvgIpc) is 3.75. The molecule has 0 bridgehead atoms. The minimum atomic E-state index is -1.06. The van der Waals surface area contributed by atoms with Crippen molar-refractivity contribution in [3.63, 3.8) is 0 Å². The molecule has 0 N–H and O–H groups in total. The van der Waals surface area contributed by atoms with Gasteiger partial charge < -0.3 is 18.6 Å². The first kappa shape index (κ1) is 30.9. The van der Waals surface area contributed by atoms with Gasteiger partial charge in [-0.15, -0.1) is 0 Å². The third-order valence-corrected chi connectivity index (χ3v) is 12.1. The fourth-order valence-corrected chi connectivity index (χ4v) is 9.94. The SMILES string of the molecule is COC(=O)C[C@H]1[C@]2(C)C3=C(C)[C@H](c4ccoc4-c4ccc(C(=O)C(C)(C)C)cc4)CC3O[C@@H]2[C@@H]2OC(=O)[C@]3(C)C=CC(=O)[C@@]1(C)C23. The summed E-state index contributed by atoms with van der Waals surface area (Å²) < 4.78 is 24.3. The average molecular weight is 627 g/mol. The Balaban J connectivity index is 1.32. The van der Waals surface area contributed by atoms with Crippen LogP contribution in [0.1, 0.15) is 83.1 Å². The van der Waals surface area contributed by atoms with Gasteiger partial charge in [0, 0.05) is 44.8 Å². The number of hydrogen-bond acceptors (Lipinski definition) is 8. The summed E-state index contributed by atoms with van der Waals surface area (Å²) in [5.41, 5.74) is 1.41. The Labute approximate surface area is 269 Å². The first-order chi connectivity index (χ1) is 21.6. The highest BCUT2D eigenvalue weighted by atomic mass is 16.6. The molecule has 0 spiro atoms. The van der Waals surface area contributed by atoms with E-state index in [1.54, 1.807) is 12.3 Å². The van der Waals surface area contributed by atoms with Crippen LogP contribution in [0.2, 0.25) is 0 Å². The highest BCUT2D eigenvalue weighted by Crippen LogP contribution is 2.72. The second-order valence-electron chi connectivity index (χ2n) is 15.5. The smallest absolute Gasteiger partial charge is 0.316 e. The molecule has 7 rings (SSSR count). The van der Waals surface area contributed by atoms with Crippen molar-refractivity contribution >= 4 is 23.5 Å². The highest BCUT2D eigenvalue weighted by molar-refractivity contribution is 6.01. The Kier molecular flexibility index (Phi) is 6.62. The Morgan fingerprint density at radius 3 is 2.37 bits per heavy atom. The maximum Gasteiger partial charge on any atom is 0.316 e. The van der Waals surface area contributed by atoms with Crippen LogP contribution in [0.15, 0.2) is 64.3 Å². The quantitative estimate of drug-likeness (QED) is 0.207. The minimum absolute atomic E-state index is 0.0151. The van der Waals surface area contributed by atoms with E-state index in [-0.39, 0.29) is 36.0 Å². The van der Waals surface area contributed by atoms with Crippen LogP contribution in [-0.2, 0) is 28.6 Å². The minimum Gasteiger partial charge on any atom is -0.469 e. The fraction of sp³-hybridized carbons (Fsp3) is 0.526. The predicted octanol–water partition coefficient (Wildman–Crippen LogP) is 6.64. The highest BCUT2D eigenvalue weighted by Gasteiger charge is 2.77. The van der Waals surface area contributed by atoms with Crippen LogP contribution >= 0.6 is 0 Å². The normalized spacial score (nSPS) is 37.6. The number of hydrogen-bond donors (Lipinski definition) is 0. The molecule has 0 amide bonds. The third-order valence-electron chi connectivity index (χ3n) is 12.1. The molecule has 2 unspecified atom stereocenters. The van der Waals surface area contributed by atoms with Crippen LogP contribution in [0.3, 0.4) is 0 Å². The van der Waals surface area contributed by atoms with Crippen molar-refractivity contribution in [2.45, 2.75) is 85.5 Å². The standard InChI is InChI=1S/C38H42O8/c1-19-23(22-14-16-44-29(22)20-9-11-21(12-10-20)32(41)35(2,3)4)17-24-28(19)38(7)25(18-27(40)43-8)37(6)26(39)13-15-36(5)31(37)30(33(38)45-24)46-34(36)42/h9-16,23-25,30-31,33H,17-18H2,1-8H3/t23-,24?,25-,30-,31?,33-,36-,37+,38-/m1/s1. The largest absolute Gasteiger partial charge is 0.469 e. The molecule has 1 aromatic heterocycles. The van der Waals surface area contributed by atoms with E-state index in [0.717, 1.165) is 28.0 Å². The summed E-state index contributed by atoms with van der Waals surface area (Å²) >= 11 is 0. The van der Waals surface area contributed by atoms with E-state index in [2.05, 4.69) is 13.8 Å². The van der Waals surface area contributed by atoms with Gasteiger partial charge in [-0.2, -0.15) is 0 Å². The molecular formula is C38H42O8. The maximum absolute atomic E-state index is 14.0. The van der Waals surface area contributed by atoms with E-state index < -0.39 is 51.7 Å². The summed E-state index contributed by atoms with van der Waals surface area (Å²) in [6.07, 6.45) is 4.12. The van der Waals surface area contributed by atoms with Crippen molar-refractivity contribution in [2.24, 2.45) is 33.5 Å². The van der Waals surface area contributed by atoms with Gasteiger partial charge in [0.2, 0.25) is 0 Å². The molecule has 1 aromatic carbocycles. The molecule has 1 saturated carbocycles. The number of methoxy groups -OCH3 is 1. The number of fused-ring (bicyclic) bond motifs is 4. The van der Waals surface area contributed by atoms with Gasteiger partial charge in [-0.25, -0.2) is 0 Å². The zero-order valence-corrected chi connectivity index (χ0v) is 27.8. The first-order valence-electron chi connectivity index (χ1n) is 16.2. The van der Waals surface area contributed by atoms with Crippen molar-refractivity contribution in [1.82, 2.24) is 0 Å². The Hall–Kier alpha value is -3.78. The molecule has 3 fully saturated rings. The number of benzene rings is 1. The number of furan rings is 1. The van der Waals surface area contributed by atoms with Crippen molar-refractivity contribution in [1.29, 1.82) is 0 Å². The van der Waals surface area contributed by atoms with E-state index in [1.807, 2.05) is 65.0 Å². The molecule has 242 valence electrons. The van der Waals surface area contributed by atoms with Crippen LogP contribution in [0.25, 0.3) is 11.3 Å². The second-order valence-corrected chi connectivity index (χ2v) is 15.5. The number of rotatable bonds is 5. The molecular weight excluding hydrogens is 584 g/mol. The van der Waals surface area contributed by atoms with E-state index in [1.165, 1.54) is 13.2 Å². The second kappa shape index (κ2) is 9.86. The summed E-state index contributed by atoms with van der Waals surface area (Å²) in [6, 6.07) is 9.54. The summed E-state index contributed by atoms with van der Waals surface area (Å²) in [5.74, 6) is -1.05. The Morgan fingerprint density at radius 2 is 1.72 bits per heavy atom. The Bertz CT molecular complexity index is 1740. The third kappa shape index (κ3) is 3.88. The van der Waals surface area contributed by atoms with E-state index in [4.69, 9.17) is 18.6 Å². The van der Waals surface area contributed by atoms with Gasteiger partial charge in [0.1, 0.15) is 18.0 Å². The predicted molar refractivity (Wildman–Crippen MR) is 169 cm³/mol. The lowest BCUT2D eigenvalue weighted by atomic mass is 9.42. The van der Waals surface area contributed by atoms with Crippen LogP contribution < -0.4 is 0 Å². The van der Waals surface area contributed by atoms with E-state index in [0.29, 0.717) is 12.0 Å². The maximum atomic E-state index is 14.0. The van der Waals surface area contributed by atoms with Gasteiger partial charge in [-0.1, -0.05) is 70.5 Å². The van der Waals surface area contributed by atoms with Crippen molar-refractivity contribution in [3.8, 4) is 11.3 Å². The zero-order valence-electron chi connectivity index (χ0n) is 27.8. The number of ketones is 2. The fourth-order valence-electron chi connectivity index (χ4n) is 9.94. The van der Waals surface area contributed by atoms with Gasteiger partial charge in [0.15, 0.2) is 11.6 Å². The van der Waals surface area contributed by atoms with Gasteiger partial charge >= 0.3 is 11.9 Å². The Morgan fingerprint density at radius 1 is 1.02 bits per heavy atom. The van der Waals surface area contributed by atoms with E-state index >= 15 is 0 Å². The summed E-state index contributed by atoms with van der Waals surface area (Å²) in [4.78, 5) is 53.3. The molecule has 9 atom stereocenters. The topological polar surface area (TPSA) is 109 Å². The molecule has 3 heterocycles. The summed E-state index contributed by atoms with van der Waals surface area (Å²) in [6.45, 7) is 13.7. The van der Waals surface area contributed by atoms with Crippen molar-refractivity contribution in [3.05, 3.63) is 71.0 Å². The lowest BCUT2D eigenvalue weighted by molar-refractivity contribution is -0.190. The lowest BCUT2D eigenvalue weighted by Gasteiger charge is -2.59. The van der Waals surface area contributed by atoms with Gasteiger partial charge in [0.25, 0.3) is 0 Å². The molecule has 8 heteroatoms. The molecule has 2 aromatic rings. The summed E-state index contributed by atoms with van der Waals surface area (Å²) in [7, 11) is 1.36. The number of carbonyl (C=O) groups excluding carboxylic acids is 4. The van der Waals surface area contributed by atoms with Crippen molar-refractivity contribution in [2.75, 3.05) is 7.11 Å². The van der Waals surface area contributed by atoms with Gasteiger partial charge in [-0.3, -0.25) is 19.2 Å². The van der Waals surface area contributed by atoms with Crippen LogP contribution in [0, 0.1) is 33.5 Å².